The van der Waals surface area contributed by atoms with Crippen LogP contribution in [0.3, 0.4) is 0 Å². The number of rotatable bonds is 8. The molecule has 0 bridgehead atoms. The minimum absolute atomic E-state index is 0.201. The number of aromatic nitrogens is 1. The first-order chi connectivity index (χ1) is 15.7. The zero-order valence-corrected chi connectivity index (χ0v) is 18.1. The third-order valence-corrected chi connectivity index (χ3v) is 7.73. The lowest BCUT2D eigenvalue weighted by Crippen LogP contribution is -2.39. The van der Waals surface area contributed by atoms with E-state index in [2.05, 4.69) is 4.98 Å². The Balaban J connectivity index is 1.53. The number of carbonyl (C=O) groups is 2. The van der Waals surface area contributed by atoms with E-state index in [9.17, 15) is 33.0 Å². The van der Waals surface area contributed by atoms with Crippen molar-refractivity contribution in [1.29, 1.82) is 0 Å². The van der Waals surface area contributed by atoms with Crippen LogP contribution in [0.15, 0.2) is 61.2 Å². The predicted molar refractivity (Wildman–Crippen MR) is 117 cm³/mol. The molecule has 2 aromatic rings. The number of pyridine rings is 1. The molecule has 0 radical (unpaired) electrons. The van der Waals surface area contributed by atoms with E-state index in [1.807, 2.05) is 0 Å². The van der Waals surface area contributed by atoms with Gasteiger partial charge in [-0.2, -0.15) is 13.2 Å². The molecule has 1 aliphatic rings. The van der Waals surface area contributed by atoms with Crippen LogP contribution in [0.1, 0.15) is 24.8 Å². The molecule has 1 aromatic heterocycles. The fraction of sp³-hybridized carbons (Fsp3) is 0.286. The van der Waals surface area contributed by atoms with E-state index in [1.54, 1.807) is 12.1 Å². The topological polar surface area (TPSA) is 103 Å². The summed E-state index contributed by atoms with van der Waals surface area (Å²) in [5.41, 5.74) is -0.342. The molecule has 2 heterocycles. The molecule has 33 heavy (non-hydrogen) atoms. The van der Waals surface area contributed by atoms with Crippen LogP contribution >= 0.6 is 10.4 Å². The first-order valence-electron chi connectivity index (χ1n) is 9.91. The normalized spacial score (nSPS) is 16.0. The number of benzene rings is 1. The highest BCUT2D eigenvalue weighted by Gasteiger charge is 2.53. The molecule has 0 fully saturated rings. The summed E-state index contributed by atoms with van der Waals surface area (Å²) in [6.45, 7) is 0.465. The lowest BCUT2D eigenvalue weighted by atomic mass is 10.2. The number of hydrogen-bond donors (Lipinski definition) is 2. The van der Waals surface area contributed by atoms with Crippen LogP contribution in [0.4, 0.5) is 28.4 Å². The Morgan fingerprint density at radius 2 is 1.58 bits per heavy atom. The molecular weight excluding hydrogens is 463 g/mol. The number of alkyl halides is 3. The van der Waals surface area contributed by atoms with Gasteiger partial charge in [0.05, 0.1) is 17.9 Å². The van der Waals surface area contributed by atoms with Crippen molar-refractivity contribution in [3.05, 3.63) is 66.8 Å². The summed E-state index contributed by atoms with van der Waals surface area (Å²) >= 11 is 0. The van der Waals surface area contributed by atoms with E-state index in [4.69, 9.17) is 4.74 Å². The number of halogens is 3. The number of unbranched alkanes of at least 4 members (excludes halogenated alkanes) is 2. The van der Waals surface area contributed by atoms with Gasteiger partial charge in [-0.15, -0.1) is 0 Å². The van der Waals surface area contributed by atoms with Crippen molar-refractivity contribution in [3.63, 3.8) is 0 Å². The van der Waals surface area contributed by atoms with Crippen LogP contribution in [0.5, 0.6) is 5.75 Å². The van der Waals surface area contributed by atoms with E-state index in [0.717, 1.165) is 12.1 Å². The lowest BCUT2D eigenvalue weighted by molar-refractivity contribution is -0.137. The van der Waals surface area contributed by atoms with Crippen LogP contribution in [0.25, 0.3) is 0 Å². The van der Waals surface area contributed by atoms with Crippen LogP contribution in [0, 0.1) is 0 Å². The van der Waals surface area contributed by atoms with Crippen molar-refractivity contribution in [3.8, 4) is 5.75 Å². The molecule has 0 atom stereocenters. The number of anilines is 1. The molecule has 0 amide bonds. The second kappa shape index (κ2) is 10.0. The van der Waals surface area contributed by atoms with Gasteiger partial charge >= 0.3 is 16.8 Å². The molecule has 12 heteroatoms. The van der Waals surface area contributed by atoms with E-state index in [0.29, 0.717) is 30.7 Å². The molecule has 8 nitrogen and oxygen atoms in total. The molecule has 3 rings (SSSR count). The van der Waals surface area contributed by atoms with E-state index >= 15 is 0 Å². The first-order valence-corrected chi connectivity index (χ1v) is 11.5. The van der Waals surface area contributed by atoms with Crippen molar-refractivity contribution >= 4 is 26.7 Å². The van der Waals surface area contributed by atoms with Crippen LogP contribution in [-0.2, 0) is 6.18 Å². The van der Waals surface area contributed by atoms with Gasteiger partial charge in [0.2, 0.25) is 0 Å². The third-order valence-electron chi connectivity index (χ3n) is 4.87. The van der Waals surface area contributed by atoms with Crippen molar-refractivity contribution in [2.45, 2.75) is 25.4 Å². The van der Waals surface area contributed by atoms with Gasteiger partial charge in [-0.05, 0) is 55.7 Å². The highest BCUT2D eigenvalue weighted by molar-refractivity contribution is 8.54. The standard InChI is InChI=1S/C21H22F3N3O5S/c22-21(23,24)16-4-6-18(7-5-16)32-15-3-1-2-12-26-13-14-27(17-8-10-25-11-9-17)33(26,19(28)29)20(30)31/h4-11,13-14H,1-3,12,15H2,(H,28,29)(H,30,31). The number of ether oxygens (including phenoxy) is 1. The van der Waals surface area contributed by atoms with Crippen LogP contribution < -0.4 is 9.04 Å². The Morgan fingerprint density at radius 1 is 0.939 bits per heavy atom. The summed E-state index contributed by atoms with van der Waals surface area (Å²) in [5.74, 6) is 0.318. The summed E-state index contributed by atoms with van der Waals surface area (Å²) < 4.78 is 45.8. The maximum Gasteiger partial charge on any atom is 0.416 e. The monoisotopic (exact) mass is 485 g/mol. The molecule has 178 valence electrons. The second-order valence-electron chi connectivity index (χ2n) is 6.98. The smallest absolute Gasteiger partial charge is 0.416 e. The van der Waals surface area contributed by atoms with Crippen molar-refractivity contribution in [2.75, 3.05) is 17.5 Å². The Kier molecular flexibility index (Phi) is 7.36. The Hall–Kier alpha value is -3.41. The average molecular weight is 485 g/mol. The number of nitrogens with zero attached hydrogens (tertiary/aromatic N) is 3. The number of carboxylic acid groups (broad SMARTS) is 2. The first kappa shape index (κ1) is 24.2. The molecule has 0 spiro atoms. The van der Waals surface area contributed by atoms with Gasteiger partial charge in [-0.1, -0.05) is 0 Å². The highest BCUT2D eigenvalue weighted by atomic mass is 32.3. The van der Waals surface area contributed by atoms with Gasteiger partial charge in [0.1, 0.15) is 16.1 Å². The average Bonchev–Trinajstić information content (AvgIpc) is 3.17. The quantitative estimate of drug-likeness (QED) is 0.443. The van der Waals surface area contributed by atoms with Crippen LogP contribution in [0.2, 0.25) is 0 Å². The largest absolute Gasteiger partial charge is 0.494 e. The Labute approximate surface area is 189 Å². The lowest BCUT2D eigenvalue weighted by Gasteiger charge is -2.42. The maximum atomic E-state index is 12.6. The second-order valence-corrected chi connectivity index (χ2v) is 9.64. The minimum atomic E-state index is -4.40. The number of hydrogen-bond acceptors (Lipinski definition) is 6. The van der Waals surface area contributed by atoms with Gasteiger partial charge in [0.15, 0.2) is 0 Å². The molecule has 2 N–H and O–H groups in total. The molecule has 0 saturated heterocycles. The SMILES string of the molecule is O=C(O)S1(C(=O)O)N(CCCCCOc2ccc(C(F)(F)F)cc2)C=CN1c1ccncc1. The zero-order valence-electron chi connectivity index (χ0n) is 17.3. The molecule has 0 aliphatic carbocycles. The minimum Gasteiger partial charge on any atom is -0.494 e. The van der Waals surface area contributed by atoms with E-state index in [1.165, 1.54) is 45.5 Å². The molecular formula is C21H22F3N3O5S. The van der Waals surface area contributed by atoms with Gasteiger partial charge in [-0.25, -0.2) is 9.59 Å². The molecule has 1 aromatic carbocycles. The summed E-state index contributed by atoms with van der Waals surface area (Å²) in [4.78, 5) is 28.2. The zero-order chi connectivity index (χ0) is 24.1. The summed E-state index contributed by atoms with van der Waals surface area (Å²) in [6, 6.07) is 7.49. The molecule has 0 unspecified atom stereocenters. The van der Waals surface area contributed by atoms with Crippen molar-refractivity contribution < 1.29 is 37.7 Å². The van der Waals surface area contributed by atoms with Crippen LogP contribution in [-0.4, -0.2) is 43.3 Å². The van der Waals surface area contributed by atoms with Gasteiger partial charge in [0, 0.05) is 31.3 Å². The van der Waals surface area contributed by atoms with Gasteiger partial charge in [-0.3, -0.25) is 9.29 Å². The maximum absolute atomic E-state index is 12.6. The van der Waals surface area contributed by atoms with E-state index < -0.39 is 32.7 Å². The summed E-state index contributed by atoms with van der Waals surface area (Å²) in [6.07, 6.45) is 3.09. The molecule has 0 saturated carbocycles. The molecule has 1 aliphatic heterocycles. The van der Waals surface area contributed by atoms with E-state index in [-0.39, 0.29) is 13.2 Å². The van der Waals surface area contributed by atoms with Gasteiger partial charge < -0.3 is 19.3 Å². The third kappa shape index (κ3) is 5.16. The summed E-state index contributed by atoms with van der Waals surface area (Å²) in [5, 5.41) is 16.9. The Bertz CT molecular complexity index is 988. The van der Waals surface area contributed by atoms with Crippen molar-refractivity contribution in [1.82, 2.24) is 9.29 Å². The fourth-order valence-electron chi connectivity index (χ4n) is 3.28. The van der Waals surface area contributed by atoms with Crippen molar-refractivity contribution in [2.24, 2.45) is 0 Å². The van der Waals surface area contributed by atoms with Gasteiger partial charge in [0.25, 0.3) is 0 Å². The highest BCUT2D eigenvalue weighted by Crippen LogP contribution is 2.61. The fourth-order valence-corrected chi connectivity index (χ4v) is 5.67. The predicted octanol–water partition coefficient (Wildman–Crippen LogP) is 5.93. The Morgan fingerprint density at radius 3 is 2.15 bits per heavy atom. The summed E-state index contributed by atoms with van der Waals surface area (Å²) in [7, 11) is -3.44.